The summed E-state index contributed by atoms with van der Waals surface area (Å²) in [5.74, 6) is -1.78. The lowest BCUT2D eigenvalue weighted by Gasteiger charge is -2.14. The lowest BCUT2D eigenvalue weighted by molar-refractivity contribution is -0.115. The average molecular weight is 328 g/mol. The number of carboxylic acid groups (broad SMARTS) is 1. The molecule has 0 aromatic carbocycles. The number of aryl methyl sites for hydroxylation is 1. The number of nitriles is 1. The molecule has 0 radical (unpaired) electrons. The molecule has 116 valence electrons. The third kappa shape index (κ3) is 3.46. The molecular formula is C15H12N4O3S. The van der Waals surface area contributed by atoms with Crippen LogP contribution in [0.2, 0.25) is 0 Å². The van der Waals surface area contributed by atoms with E-state index < -0.39 is 11.9 Å². The van der Waals surface area contributed by atoms with Crippen LogP contribution in [0.1, 0.15) is 21.6 Å². The van der Waals surface area contributed by atoms with E-state index in [-0.39, 0.29) is 33.2 Å². The molecule has 3 N–H and O–H groups in total. The lowest BCUT2D eigenvalue weighted by atomic mass is 9.96. The first-order valence-corrected chi connectivity index (χ1v) is 7.43. The van der Waals surface area contributed by atoms with Gasteiger partial charge in [-0.1, -0.05) is 11.8 Å². The number of thioether (sulfide) groups is 1. The van der Waals surface area contributed by atoms with E-state index in [1.165, 1.54) is 12.4 Å². The molecule has 0 spiro atoms. The van der Waals surface area contributed by atoms with E-state index in [0.29, 0.717) is 5.56 Å². The van der Waals surface area contributed by atoms with Crippen molar-refractivity contribution in [2.24, 2.45) is 5.73 Å². The third-order valence-corrected chi connectivity index (χ3v) is 3.99. The Morgan fingerprint density at radius 2 is 2.04 bits per heavy atom. The second-order valence-corrected chi connectivity index (χ2v) is 5.50. The number of amides is 1. The van der Waals surface area contributed by atoms with Crippen molar-refractivity contribution in [2.45, 2.75) is 11.9 Å². The highest BCUT2D eigenvalue weighted by Crippen LogP contribution is 2.34. The number of carbonyl (C=O) groups excluding carboxylic acids is 1. The van der Waals surface area contributed by atoms with Crippen LogP contribution in [0.5, 0.6) is 0 Å². The van der Waals surface area contributed by atoms with Crippen molar-refractivity contribution in [1.29, 1.82) is 5.26 Å². The van der Waals surface area contributed by atoms with Crippen molar-refractivity contribution in [1.82, 2.24) is 9.97 Å². The number of hydrogen-bond donors (Lipinski definition) is 2. The zero-order chi connectivity index (χ0) is 17.0. The van der Waals surface area contributed by atoms with Crippen LogP contribution in [0.25, 0.3) is 11.1 Å². The summed E-state index contributed by atoms with van der Waals surface area (Å²) in [5, 5.41) is 19.3. The summed E-state index contributed by atoms with van der Waals surface area (Å²) >= 11 is 1.01. The van der Waals surface area contributed by atoms with Gasteiger partial charge < -0.3 is 10.8 Å². The maximum absolute atomic E-state index is 11.6. The van der Waals surface area contributed by atoms with E-state index in [1.807, 2.05) is 6.07 Å². The Morgan fingerprint density at radius 1 is 1.39 bits per heavy atom. The summed E-state index contributed by atoms with van der Waals surface area (Å²) in [7, 11) is 0. The minimum Gasteiger partial charge on any atom is -0.478 e. The van der Waals surface area contributed by atoms with E-state index in [9.17, 15) is 20.0 Å². The Morgan fingerprint density at radius 3 is 2.57 bits per heavy atom. The van der Waals surface area contributed by atoms with Crippen LogP contribution in [-0.4, -0.2) is 32.7 Å². The summed E-state index contributed by atoms with van der Waals surface area (Å²) in [5.41, 5.74) is 6.25. The number of primary amides is 1. The number of nitrogens with two attached hydrogens (primary N) is 1. The molecule has 8 heteroatoms. The number of pyridine rings is 2. The number of aromatic nitrogens is 2. The Balaban J connectivity index is 2.76. The average Bonchev–Trinajstić information content (AvgIpc) is 2.52. The van der Waals surface area contributed by atoms with Gasteiger partial charge in [0.15, 0.2) is 0 Å². The third-order valence-electron chi connectivity index (χ3n) is 2.99. The molecule has 0 fully saturated rings. The van der Waals surface area contributed by atoms with E-state index in [4.69, 9.17) is 5.73 Å². The maximum Gasteiger partial charge on any atom is 0.338 e. The first kappa shape index (κ1) is 16.5. The normalized spacial score (nSPS) is 10.1. The molecule has 2 aromatic heterocycles. The zero-order valence-electron chi connectivity index (χ0n) is 12.1. The Labute approximate surface area is 136 Å². The maximum atomic E-state index is 11.6. The van der Waals surface area contributed by atoms with Crippen molar-refractivity contribution in [3.8, 4) is 17.2 Å². The molecular weight excluding hydrogens is 316 g/mol. The first-order chi connectivity index (χ1) is 11.0. The Bertz CT molecular complexity index is 816. The standard InChI is InChI=1S/C15H12N4O3S/c1-8-12(15(21)22)13(9-2-4-18-5-3-9)10(6-16)14(19-8)23-7-11(17)20/h2-5H,7H2,1H3,(H2,17,20)(H,21,22). The highest BCUT2D eigenvalue weighted by molar-refractivity contribution is 8.00. The Hall–Kier alpha value is -2.92. The van der Waals surface area contributed by atoms with Gasteiger partial charge in [0.25, 0.3) is 0 Å². The number of carbonyl (C=O) groups is 2. The molecule has 0 saturated heterocycles. The SMILES string of the molecule is Cc1nc(SCC(N)=O)c(C#N)c(-c2ccncc2)c1C(=O)O. The van der Waals surface area contributed by atoms with Crippen LogP contribution in [0.15, 0.2) is 29.6 Å². The number of rotatable bonds is 5. The molecule has 0 aliphatic rings. The summed E-state index contributed by atoms with van der Waals surface area (Å²) in [6.07, 6.45) is 3.02. The second-order valence-electron chi connectivity index (χ2n) is 4.54. The van der Waals surface area contributed by atoms with Gasteiger partial charge in [0.05, 0.1) is 22.6 Å². The smallest absolute Gasteiger partial charge is 0.338 e. The predicted octanol–water partition coefficient (Wildman–Crippen LogP) is 1.60. The van der Waals surface area contributed by atoms with Crippen LogP contribution in [0.3, 0.4) is 0 Å². The van der Waals surface area contributed by atoms with Crippen LogP contribution in [-0.2, 0) is 4.79 Å². The van der Waals surface area contributed by atoms with Gasteiger partial charge in [-0.3, -0.25) is 9.78 Å². The summed E-state index contributed by atoms with van der Waals surface area (Å²) < 4.78 is 0. The number of hydrogen-bond acceptors (Lipinski definition) is 6. The fourth-order valence-electron chi connectivity index (χ4n) is 2.09. The largest absolute Gasteiger partial charge is 0.478 e. The minimum atomic E-state index is -1.18. The second kappa shape index (κ2) is 6.89. The molecule has 2 rings (SSSR count). The van der Waals surface area contributed by atoms with Crippen molar-refractivity contribution in [3.63, 3.8) is 0 Å². The fraction of sp³-hybridized carbons (Fsp3) is 0.133. The van der Waals surface area contributed by atoms with Crippen molar-refractivity contribution in [2.75, 3.05) is 5.75 Å². The van der Waals surface area contributed by atoms with E-state index in [0.717, 1.165) is 11.8 Å². The molecule has 0 aliphatic heterocycles. The van der Waals surface area contributed by atoms with Gasteiger partial charge in [-0.15, -0.1) is 0 Å². The Kier molecular flexibility index (Phi) is 4.93. The summed E-state index contributed by atoms with van der Waals surface area (Å²) in [4.78, 5) is 30.6. The molecule has 0 bridgehead atoms. The molecule has 2 heterocycles. The summed E-state index contributed by atoms with van der Waals surface area (Å²) in [6.45, 7) is 1.55. The van der Waals surface area contributed by atoms with Crippen molar-refractivity contribution >= 4 is 23.6 Å². The van der Waals surface area contributed by atoms with Gasteiger partial charge in [0.1, 0.15) is 11.1 Å². The van der Waals surface area contributed by atoms with Gasteiger partial charge in [-0.2, -0.15) is 5.26 Å². The molecule has 0 atom stereocenters. The molecule has 0 saturated carbocycles. The molecule has 7 nitrogen and oxygen atoms in total. The molecule has 0 aliphatic carbocycles. The minimum absolute atomic E-state index is 0.0452. The number of nitrogens with zero attached hydrogens (tertiary/aromatic N) is 3. The first-order valence-electron chi connectivity index (χ1n) is 6.45. The highest BCUT2D eigenvalue weighted by atomic mass is 32.2. The van der Waals surface area contributed by atoms with Crippen molar-refractivity contribution in [3.05, 3.63) is 41.3 Å². The van der Waals surface area contributed by atoms with Crippen molar-refractivity contribution < 1.29 is 14.7 Å². The molecule has 1 amide bonds. The van der Waals surface area contributed by atoms with Crippen LogP contribution in [0.4, 0.5) is 0 Å². The van der Waals surface area contributed by atoms with Gasteiger partial charge in [-0.25, -0.2) is 9.78 Å². The number of aromatic carboxylic acids is 1. The topological polar surface area (TPSA) is 130 Å². The lowest BCUT2D eigenvalue weighted by Crippen LogP contribution is -2.14. The molecule has 2 aromatic rings. The van der Waals surface area contributed by atoms with Crippen LogP contribution in [0, 0.1) is 18.3 Å². The highest BCUT2D eigenvalue weighted by Gasteiger charge is 2.24. The monoisotopic (exact) mass is 328 g/mol. The van der Waals surface area contributed by atoms with Gasteiger partial charge in [0.2, 0.25) is 5.91 Å². The van der Waals surface area contributed by atoms with Gasteiger partial charge >= 0.3 is 5.97 Å². The van der Waals surface area contributed by atoms with Gasteiger partial charge in [-0.05, 0) is 24.6 Å². The predicted molar refractivity (Wildman–Crippen MR) is 83.8 cm³/mol. The van der Waals surface area contributed by atoms with E-state index in [2.05, 4.69) is 9.97 Å². The molecule has 0 unspecified atom stereocenters. The van der Waals surface area contributed by atoms with Crippen LogP contribution >= 0.6 is 11.8 Å². The number of carboxylic acids is 1. The molecule has 23 heavy (non-hydrogen) atoms. The quantitative estimate of drug-likeness (QED) is 0.797. The van der Waals surface area contributed by atoms with E-state index in [1.54, 1.807) is 19.1 Å². The van der Waals surface area contributed by atoms with E-state index >= 15 is 0 Å². The zero-order valence-corrected chi connectivity index (χ0v) is 12.9. The van der Waals surface area contributed by atoms with Crippen LogP contribution < -0.4 is 5.73 Å². The fourth-order valence-corrected chi connectivity index (χ4v) is 2.87. The summed E-state index contributed by atoms with van der Waals surface area (Å²) in [6, 6.07) is 5.22. The van der Waals surface area contributed by atoms with Gasteiger partial charge in [0, 0.05) is 18.0 Å².